The van der Waals surface area contributed by atoms with Crippen LogP contribution in [0.2, 0.25) is 0 Å². The number of anilines is 1. The lowest BCUT2D eigenvalue weighted by Gasteiger charge is -2.17. The largest absolute Gasteiger partial charge is 0.367 e. The molecule has 3 N–H and O–H groups in total. The van der Waals surface area contributed by atoms with Gasteiger partial charge >= 0.3 is 0 Å². The van der Waals surface area contributed by atoms with Gasteiger partial charge in [-0.25, -0.2) is 4.98 Å². The van der Waals surface area contributed by atoms with Crippen LogP contribution in [-0.4, -0.2) is 26.7 Å². The maximum absolute atomic E-state index is 6.04. The summed E-state index contributed by atoms with van der Waals surface area (Å²) in [5.41, 5.74) is 9.80. The summed E-state index contributed by atoms with van der Waals surface area (Å²) in [6, 6.07) is 2.97. The summed E-state index contributed by atoms with van der Waals surface area (Å²) < 4.78 is 1.94. The summed E-state index contributed by atoms with van der Waals surface area (Å²) in [5.74, 6) is 1.07. The van der Waals surface area contributed by atoms with Gasteiger partial charge in [-0.05, 0) is 50.9 Å². The molecule has 2 atom stereocenters. The van der Waals surface area contributed by atoms with Crippen molar-refractivity contribution in [3.05, 3.63) is 23.5 Å². The highest BCUT2D eigenvalue weighted by atomic mass is 15.3. The van der Waals surface area contributed by atoms with Gasteiger partial charge in [0.25, 0.3) is 0 Å². The third-order valence-electron chi connectivity index (χ3n) is 5.24. The summed E-state index contributed by atoms with van der Waals surface area (Å²) in [5, 5.41) is 8.15. The molecule has 118 valence electrons. The molecule has 4 rings (SSSR count). The van der Waals surface area contributed by atoms with Gasteiger partial charge in [0.05, 0.1) is 6.20 Å². The van der Waals surface area contributed by atoms with Gasteiger partial charge in [-0.3, -0.25) is 0 Å². The summed E-state index contributed by atoms with van der Waals surface area (Å²) in [6.45, 7) is 4.43. The van der Waals surface area contributed by atoms with Crippen LogP contribution in [0.3, 0.4) is 0 Å². The number of hydrogen-bond donors (Lipinski definition) is 2. The lowest BCUT2D eigenvalue weighted by molar-refractivity contribution is 0.561. The number of nitrogens with two attached hydrogens (primary N) is 1. The van der Waals surface area contributed by atoms with E-state index in [1.807, 2.05) is 10.7 Å². The molecule has 2 saturated carbocycles. The van der Waals surface area contributed by atoms with Gasteiger partial charge in [0.15, 0.2) is 5.65 Å². The van der Waals surface area contributed by atoms with Gasteiger partial charge < -0.3 is 11.1 Å². The number of aromatic nitrogens is 3. The van der Waals surface area contributed by atoms with Crippen LogP contribution in [0.15, 0.2) is 12.3 Å². The molecule has 5 nitrogen and oxygen atoms in total. The molecule has 0 spiro atoms. The molecule has 0 aliphatic heterocycles. The third-order valence-corrected chi connectivity index (χ3v) is 5.24. The SMILES string of the molecule is Cc1cnn2c(N[C@H]3CC[C@H](N)C3)cc(CC3(C)CC3)nc12. The van der Waals surface area contributed by atoms with E-state index in [1.165, 1.54) is 18.5 Å². The van der Waals surface area contributed by atoms with Crippen LogP contribution in [0.4, 0.5) is 5.82 Å². The molecule has 2 aromatic rings. The predicted molar refractivity (Wildman–Crippen MR) is 88.0 cm³/mol. The summed E-state index contributed by atoms with van der Waals surface area (Å²) in [7, 11) is 0. The van der Waals surface area contributed by atoms with Crippen molar-refractivity contribution in [1.82, 2.24) is 14.6 Å². The van der Waals surface area contributed by atoms with Crippen molar-refractivity contribution in [3.63, 3.8) is 0 Å². The quantitative estimate of drug-likeness (QED) is 0.911. The Morgan fingerprint density at radius 3 is 2.91 bits per heavy atom. The minimum atomic E-state index is 0.332. The third kappa shape index (κ3) is 2.58. The van der Waals surface area contributed by atoms with Crippen molar-refractivity contribution in [2.75, 3.05) is 5.32 Å². The Morgan fingerprint density at radius 2 is 2.23 bits per heavy atom. The molecule has 2 fully saturated rings. The average molecular weight is 299 g/mol. The summed E-state index contributed by atoms with van der Waals surface area (Å²) in [6.07, 6.45) is 8.88. The first-order chi connectivity index (χ1) is 10.5. The lowest BCUT2D eigenvalue weighted by atomic mass is 10.0. The molecule has 22 heavy (non-hydrogen) atoms. The van der Waals surface area contributed by atoms with E-state index >= 15 is 0 Å². The first-order valence-electron chi connectivity index (χ1n) is 8.39. The fourth-order valence-electron chi connectivity index (χ4n) is 3.50. The zero-order valence-corrected chi connectivity index (χ0v) is 13.5. The molecule has 2 aromatic heterocycles. The fourth-order valence-corrected chi connectivity index (χ4v) is 3.50. The minimum Gasteiger partial charge on any atom is -0.367 e. The molecule has 2 heterocycles. The number of fused-ring (bicyclic) bond motifs is 1. The van der Waals surface area contributed by atoms with Crippen molar-refractivity contribution in [1.29, 1.82) is 0 Å². The Bertz CT molecular complexity index is 700. The summed E-state index contributed by atoms with van der Waals surface area (Å²) in [4.78, 5) is 4.85. The lowest BCUT2D eigenvalue weighted by Crippen LogP contribution is -2.22. The van der Waals surface area contributed by atoms with Gasteiger partial charge in [-0.15, -0.1) is 0 Å². The van der Waals surface area contributed by atoms with Crippen LogP contribution in [0, 0.1) is 12.3 Å². The van der Waals surface area contributed by atoms with Crippen molar-refractivity contribution in [3.8, 4) is 0 Å². The number of nitrogens with zero attached hydrogens (tertiary/aromatic N) is 3. The van der Waals surface area contributed by atoms with Crippen LogP contribution < -0.4 is 11.1 Å². The molecule has 0 saturated heterocycles. The topological polar surface area (TPSA) is 68.2 Å². The molecular weight excluding hydrogens is 274 g/mol. The van der Waals surface area contributed by atoms with Crippen molar-refractivity contribution < 1.29 is 0 Å². The van der Waals surface area contributed by atoms with Crippen molar-refractivity contribution in [2.45, 2.75) is 64.5 Å². The molecule has 0 radical (unpaired) electrons. The van der Waals surface area contributed by atoms with E-state index in [0.29, 0.717) is 17.5 Å². The van der Waals surface area contributed by atoms with Crippen molar-refractivity contribution >= 4 is 11.5 Å². The Labute approximate surface area is 131 Å². The van der Waals surface area contributed by atoms with Gasteiger partial charge in [0, 0.05) is 29.4 Å². The molecule has 0 aromatic carbocycles. The highest BCUT2D eigenvalue weighted by Gasteiger charge is 2.37. The predicted octanol–water partition coefficient (Wildman–Crippen LogP) is 2.67. The highest BCUT2D eigenvalue weighted by molar-refractivity contribution is 5.54. The van der Waals surface area contributed by atoms with Gasteiger partial charge in [0.2, 0.25) is 0 Å². The maximum Gasteiger partial charge on any atom is 0.160 e. The monoisotopic (exact) mass is 299 g/mol. The minimum absolute atomic E-state index is 0.332. The number of aryl methyl sites for hydroxylation is 1. The standard InChI is InChI=1S/C17H25N5/c1-11-10-19-22-15(20-13-4-3-12(18)7-13)8-14(21-16(11)22)9-17(2)5-6-17/h8,10,12-13,20H,3-7,9,18H2,1-2H3/t12-,13-/m0/s1. The van der Waals surface area contributed by atoms with Crippen molar-refractivity contribution in [2.24, 2.45) is 11.1 Å². The van der Waals surface area contributed by atoms with Gasteiger partial charge in [-0.1, -0.05) is 6.92 Å². The molecule has 0 unspecified atom stereocenters. The van der Waals surface area contributed by atoms with Crippen LogP contribution in [-0.2, 0) is 6.42 Å². The Balaban J connectivity index is 1.68. The molecule has 2 aliphatic rings. The Hall–Kier alpha value is -1.62. The van der Waals surface area contributed by atoms with E-state index in [0.717, 1.165) is 42.7 Å². The molecule has 2 aliphatic carbocycles. The van der Waals surface area contributed by atoms with Crippen LogP contribution >= 0.6 is 0 Å². The zero-order valence-electron chi connectivity index (χ0n) is 13.5. The number of hydrogen-bond acceptors (Lipinski definition) is 4. The average Bonchev–Trinajstić information content (AvgIpc) is 2.87. The second kappa shape index (κ2) is 4.95. The van der Waals surface area contributed by atoms with E-state index in [9.17, 15) is 0 Å². The second-order valence-electron chi connectivity index (χ2n) is 7.60. The smallest absolute Gasteiger partial charge is 0.160 e. The molecular formula is C17H25N5. The zero-order chi connectivity index (χ0) is 15.3. The number of nitrogens with one attached hydrogen (secondary N) is 1. The van der Waals surface area contributed by atoms with E-state index in [2.05, 4.69) is 30.3 Å². The van der Waals surface area contributed by atoms with E-state index in [1.54, 1.807) is 0 Å². The van der Waals surface area contributed by atoms with E-state index in [-0.39, 0.29) is 0 Å². The van der Waals surface area contributed by atoms with Crippen LogP contribution in [0.1, 0.15) is 50.3 Å². The van der Waals surface area contributed by atoms with Gasteiger partial charge in [-0.2, -0.15) is 9.61 Å². The van der Waals surface area contributed by atoms with E-state index < -0.39 is 0 Å². The molecule has 0 amide bonds. The normalized spacial score (nSPS) is 26.5. The Kier molecular flexibility index (Phi) is 3.15. The van der Waals surface area contributed by atoms with E-state index in [4.69, 9.17) is 10.7 Å². The first-order valence-corrected chi connectivity index (χ1v) is 8.39. The summed E-state index contributed by atoms with van der Waals surface area (Å²) >= 11 is 0. The highest BCUT2D eigenvalue weighted by Crippen LogP contribution is 2.47. The maximum atomic E-state index is 6.04. The Morgan fingerprint density at radius 1 is 1.41 bits per heavy atom. The molecule has 0 bridgehead atoms. The van der Waals surface area contributed by atoms with Crippen LogP contribution in [0.25, 0.3) is 5.65 Å². The second-order valence-corrected chi connectivity index (χ2v) is 7.60. The molecule has 5 heteroatoms. The number of rotatable bonds is 4. The fraction of sp³-hybridized carbons (Fsp3) is 0.647. The first kappa shape index (κ1) is 14.0. The van der Waals surface area contributed by atoms with Gasteiger partial charge in [0.1, 0.15) is 5.82 Å². The van der Waals surface area contributed by atoms with Crippen LogP contribution in [0.5, 0.6) is 0 Å².